The Kier molecular flexibility index (Phi) is 3.73. The highest BCUT2D eigenvalue weighted by atomic mass is 16.5. The first-order chi connectivity index (χ1) is 8.04. The summed E-state index contributed by atoms with van der Waals surface area (Å²) in [4.78, 5) is 13.2. The fourth-order valence-electron chi connectivity index (χ4n) is 2.91. The molecule has 0 bridgehead atoms. The van der Waals surface area contributed by atoms with E-state index in [1.807, 2.05) is 0 Å². The van der Waals surface area contributed by atoms with E-state index in [4.69, 9.17) is 9.84 Å². The fourth-order valence-corrected chi connectivity index (χ4v) is 2.91. The van der Waals surface area contributed by atoms with Gasteiger partial charge in [-0.25, -0.2) is 0 Å². The van der Waals surface area contributed by atoms with Crippen LogP contribution in [0.5, 0.6) is 0 Å². The van der Waals surface area contributed by atoms with Crippen LogP contribution in [-0.4, -0.2) is 48.8 Å². The van der Waals surface area contributed by atoms with Gasteiger partial charge in [-0.05, 0) is 37.1 Å². The van der Waals surface area contributed by atoms with E-state index in [9.17, 15) is 4.79 Å². The van der Waals surface area contributed by atoms with E-state index >= 15 is 0 Å². The molecular formula is C13H23NO3. The molecule has 1 heterocycles. The Labute approximate surface area is 103 Å². The molecule has 1 aliphatic heterocycles. The number of carbonyl (C=O) groups is 1. The third-order valence-corrected chi connectivity index (χ3v) is 4.32. The van der Waals surface area contributed by atoms with Gasteiger partial charge in [0.2, 0.25) is 0 Å². The summed E-state index contributed by atoms with van der Waals surface area (Å²) in [5.41, 5.74) is 0.0741. The van der Waals surface area contributed by atoms with Crippen LogP contribution in [0, 0.1) is 11.3 Å². The second kappa shape index (κ2) is 4.94. The topological polar surface area (TPSA) is 49.8 Å². The molecule has 2 rings (SSSR count). The maximum absolute atomic E-state index is 10.8. The van der Waals surface area contributed by atoms with Gasteiger partial charge in [0.1, 0.15) is 0 Å². The van der Waals surface area contributed by atoms with Gasteiger partial charge in [0.15, 0.2) is 0 Å². The van der Waals surface area contributed by atoms with Crippen LogP contribution in [0.4, 0.5) is 0 Å². The lowest BCUT2D eigenvalue weighted by molar-refractivity contribution is -0.138. The van der Waals surface area contributed by atoms with Crippen LogP contribution in [-0.2, 0) is 9.53 Å². The molecule has 0 aromatic rings. The molecular weight excluding hydrogens is 218 g/mol. The van der Waals surface area contributed by atoms with Gasteiger partial charge in [-0.1, -0.05) is 6.92 Å². The third-order valence-electron chi connectivity index (χ3n) is 4.32. The maximum atomic E-state index is 10.8. The molecule has 98 valence electrons. The molecule has 0 radical (unpaired) electrons. The van der Waals surface area contributed by atoms with Gasteiger partial charge in [-0.2, -0.15) is 0 Å². The normalized spacial score (nSPS) is 32.4. The van der Waals surface area contributed by atoms with E-state index in [1.54, 1.807) is 7.11 Å². The summed E-state index contributed by atoms with van der Waals surface area (Å²) in [6.45, 7) is 5.21. The minimum atomic E-state index is -0.656. The quantitative estimate of drug-likeness (QED) is 0.794. The highest BCUT2D eigenvalue weighted by Gasteiger charge is 2.46. The first kappa shape index (κ1) is 12.8. The first-order valence-electron chi connectivity index (χ1n) is 6.52. The number of methoxy groups -OCH3 is 1. The van der Waals surface area contributed by atoms with E-state index in [0.717, 1.165) is 38.9 Å². The van der Waals surface area contributed by atoms with Gasteiger partial charge in [0, 0.05) is 20.2 Å². The molecule has 0 amide bonds. The molecule has 0 spiro atoms. The van der Waals surface area contributed by atoms with Crippen LogP contribution in [0.1, 0.15) is 32.6 Å². The van der Waals surface area contributed by atoms with Crippen LogP contribution in [0.3, 0.4) is 0 Å². The summed E-state index contributed by atoms with van der Waals surface area (Å²) in [7, 11) is 1.77. The highest BCUT2D eigenvalue weighted by Crippen LogP contribution is 2.49. The van der Waals surface area contributed by atoms with Crippen molar-refractivity contribution in [2.45, 2.75) is 38.7 Å². The Balaban J connectivity index is 1.85. The average molecular weight is 241 g/mol. The predicted molar refractivity (Wildman–Crippen MR) is 64.9 cm³/mol. The highest BCUT2D eigenvalue weighted by molar-refractivity contribution is 5.68. The van der Waals surface area contributed by atoms with Crippen molar-refractivity contribution in [3.05, 3.63) is 0 Å². The van der Waals surface area contributed by atoms with Gasteiger partial charge >= 0.3 is 5.97 Å². The number of likely N-dealkylation sites (tertiary alicyclic amines) is 1. The number of hydrogen-bond acceptors (Lipinski definition) is 3. The van der Waals surface area contributed by atoms with Gasteiger partial charge < -0.3 is 14.7 Å². The molecule has 17 heavy (non-hydrogen) atoms. The number of rotatable bonds is 5. The second-order valence-corrected chi connectivity index (χ2v) is 5.85. The zero-order valence-corrected chi connectivity index (χ0v) is 10.8. The number of carboxylic acids is 1. The summed E-state index contributed by atoms with van der Waals surface area (Å²) < 4.78 is 5.49. The summed E-state index contributed by atoms with van der Waals surface area (Å²) in [6.07, 6.45) is 3.94. The third kappa shape index (κ3) is 3.19. The Morgan fingerprint density at radius 2 is 2.24 bits per heavy atom. The molecule has 2 fully saturated rings. The van der Waals surface area contributed by atoms with Gasteiger partial charge in [-0.3, -0.25) is 4.79 Å². The standard InChI is InChI=1S/C13H23NO3/c1-10-3-6-14(8-11(10)17-2)9-13(4-5-13)7-12(15)16/h10-11H,3-9H2,1-2H3,(H,15,16). The minimum absolute atomic E-state index is 0.0741. The minimum Gasteiger partial charge on any atom is -0.481 e. The van der Waals surface area contributed by atoms with Crippen LogP contribution >= 0.6 is 0 Å². The smallest absolute Gasteiger partial charge is 0.303 e. The number of carboxylic acid groups (broad SMARTS) is 1. The SMILES string of the molecule is COC1CN(CC2(CC(=O)O)CC2)CCC1C. The van der Waals surface area contributed by atoms with Crippen molar-refractivity contribution in [2.75, 3.05) is 26.7 Å². The molecule has 0 aromatic carbocycles. The molecule has 4 nitrogen and oxygen atoms in total. The lowest BCUT2D eigenvalue weighted by atomic mass is 9.93. The summed E-state index contributed by atoms with van der Waals surface area (Å²) in [6, 6.07) is 0. The van der Waals surface area contributed by atoms with Crippen LogP contribution in [0.25, 0.3) is 0 Å². The summed E-state index contributed by atoms with van der Waals surface area (Å²) in [5, 5.41) is 8.92. The van der Waals surface area contributed by atoms with E-state index in [-0.39, 0.29) is 5.41 Å². The summed E-state index contributed by atoms with van der Waals surface area (Å²) >= 11 is 0. The van der Waals surface area contributed by atoms with E-state index in [2.05, 4.69) is 11.8 Å². The first-order valence-corrected chi connectivity index (χ1v) is 6.52. The van der Waals surface area contributed by atoms with Gasteiger partial charge in [0.05, 0.1) is 12.5 Å². The summed E-state index contributed by atoms with van der Waals surface area (Å²) in [5.74, 6) is -0.0398. The molecule has 2 atom stereocenters. The molecule has 1 saturated carbocycles. The largest absolute Gasteiger partial charge is 0.481 e. The van der Waals surface area contributed by atoms with Crippen molar-refractivity contribution < 1.29 is 14.6 Å². The van der Waals surface area contributed by atoms with E-state index in [1.165, 1.54) is 0 Å². The molecule has 2 unspecified atom stereocenters. The van der Waals surface area contributed by atoms with Crippen LogP contribution < -0.4 is 0 Å². The lowest BCUT2D eigenvalue weighted by Crippen LogP contribution is -2.46. The Bertz CT molecular complexity index is 288. The number of nitrogens with zero attached hydrogens (tertiary/aromatic N) is 1. The van der Waals surface area contributed by atoms with E-state index in [0.29, 0.717) is 18.4 Å². The van der Waals surface area contributed by atoms with Crippen molar-refractivity contribution in [1.29, 1.82) is 0 Å². The van der Waals surface area contributed by atoms with Gasteiger partial charge in [0.25, 0.3) is 0 Å². The number of piperidine rings is 1. The zero-order valence-electron chi connectivity index (χ0n) is 10.8. The Morgan fingerprint density at radius 3 is 2.76 bits per heavy atom. The number of ether oxygens (including phenoxy) is 1. The molecule has 1 saturated heterocycles. The molecule has 1 N–H and O–H groups in total. The predicted octanol–water partition coefficient (Wildman–Crippen LogP) is 1.60. The second-order valence-electron chi connectivity index (χ2n) is 5.85. The maximum Gasteiger partial charge on any atom is 0.303 e. The monoisotopic (exact) mass is 241 g/mol. The lowest BCUT2D eigenvalue weighted by Gasteiger charge is -2.37. The number of hydrogen-bond donors (Lipinski definition) is 1. The Hall–Kier alpha value is -0.610. The average Bonchev–Trinajstić information content (AvgIpc) is 3.00. The number of aliphatic carboxylic acids is 1. The fraction of sp³-hybridized carbons (Fsp3) is 0.923. The van der Waals surface area contributed by atoms with Crippen molar-refractivity contribution in [2.24, 2.45) is 11.3 Å². The molecule has 0 aromatic heterocycles. The van der Waals surface area contributed by atoms with Crippen LogP contribution in [0.2, 0.25) is 0 Å². The van der Waals surface area contributed by atoms with Crippen molar-refractivity contribution in [1.82, 2.24) is 4.90 Å². The van der Waals surface area contributed by atoms with Crippen LogP contribution in [0.15, 0.2) is 0 Å². The zero-order chi connectivity index (χ0) is 12.5. The van der Waals surface area contributed by atoms with E-state index < -0.39 is 5.97 Å². The van der Waals surface area contributed by atoms with Crippen molar-refractivity contribution in [3.8, 4) is 0 Å². The molecule has 4 heteroatoms. The Morgan fingerprint density at radius 1 is 1.53 bits per heavy atom. The molecule has 1 aliphatic carbocycles. The van der Waals surface area contributed by atoms with Gasteiger partial charge in [-0.15, -0.1) is 0 Å². The van der Waals surface area contributed by atoms with Crippen molar-refractivity contribution in [3.63, 3.8) is 0 Å². The molecule has 2 aliphatic rings. The van der Waals surface area contributed by atoms with Crippen molar-refractivity contribution >= 4 is 5.97 Å².